The molecule has 3 nitrogen and oxygen atoms in total. The molecule has 0 saturated heterocycles. The molecule has 0 aliphatic rings. The van der Waals surface area contributed by atoms with Crippen molar-refractivity contribution in [2.24, 2.45) is 0 Å². The van der Waals surface area contributed by atoms with Gasteiger partial charge in [-0.1, -0.05) is 17.7 Å². The average molecular weight is 332 g/mol. The van der Waals surface area contributed by atoms with Crippen LogP contribution in [0.5, 0.6) is 5.75 Å². The van der Waals surface area contributed by atoms with Crippen LogP contribution in [0.1, 0.15) is 5.56 Å². The van der Waals surface area contributed by atoms with E-state index in [1.165, 1.54) is 12.1 Å². The summed E-state index contributed by atoms with van der Waals surface area (Å²) in [5.74, 6) is -0.987. The molecule has 0 unspecified atom stereocenters. The van der Waals surface area contributed by atoms with E-state index < -0.39 is 5.82 Å². The lowest BCUT2D eigenvalue weighted by Gasteiger charge is -2.07. The van der Waals surface area contributed by atoms with Crippen LogP contribution in [0.4, 0.5) is 10.1 Å². The van der Waals surface area contributed by atoms with Gasteiger partial charge in [0.25, 0.3) is 0 Å². The molecular formula is C12H9BrClFN2O. The summed E-state index contributed by atoms with van der Waals surface area (Å²) in [6, 6.07) is 6.03. The number of halogens is 3. The Bertz CT molecular complexity index is 528. The molecule has 0 saturated carbocycles. The van der Waals surface area contributed by atoms with Crippen LogP contribution >= 0.6 is 27.5 Å². The third-order valence-electron chi connectivity index (χ3n) is 2.31. The fraction of sp³-hybridized carbons (Fsp3) is 0.0833. The molecule has 2 N–H and O–H groups in total. The van der Waals surface area contributed by atoms with Crippen LogP contribution < -0.4 is 5.32 Å². The van der Waals surface area contributed by atoms with Gasteiger partial charge in [-0.25, -0.2) is 9.37 Å². The number of nitrogens with one attached hydrogen (secondary N) is 1. The summed E-state index contributed by atoms with van der Waals surface area (Å²) in [4.78, 5) is 3.96. The number of aromatic hydroxyl groups is 1. The summed E-state index contributed by atoms with van der Waals surface area (Å²) in [7, 11) is 0. The van der Waals surface area contributed by atoms with E-state index in [9.17, 15) is 4.39 Å². The van der Waals surface area contributed by atoms with Gasteiger partial charge < -0.3 is 10.4 Å². The van der Waals surface area contributed by atoms with Crippen LogP contribution in [-0.2, 0) is 6.54 Å². The molecule has 1 aromatic heterocycles. The van der Waals surface area contributed by atoms with Crippen LogP contribution in [0.2, 0.25) is 5.15 Å². The van der Waals surface area contributed by atoms with Crippen molar-refractivity contribution < 1.29 is 9.50 Å². The average Bonchev–Trinajstić information content (AvgIpc) is 2.35. The van der Waals surface area contributed by atoms with Crippen molar-refractivity contribution in [1.29, 1.82) is 0 Å². The van der Waals surface area contributed by atoms with Crippen molar-refractivity contribution in [3.05, 3.63) is 51.5 Å². The minimum Gasteiger partial charge on any atom is -0.505 e. The van der Waals surface area contributed by atoms with Gasteiger partial charge in [-0.05, 0) is 39.7 Å². The van der Waals surface area contributed by atoms with E-state index in [4.69, 9.17) is 16.7 Å². The molecule has 0 bridgehead atoms. The van der Waals surface area contributed by atoms with E-state index in [1.807, 2.05) is 0 Å². The highest BCUT2D eigenvalue weighted by Crippen LogP contribution is 2.23. The Hall–Kier alpha value is -1.33. The molecule has 0 aliphatic heterocycles. The number of anilines is 1. The second-order valence-corrected chi connectivity index (χ2v) is 4.85. The topological polar surface area (TPSA) is 45.1 Å². The van der Waals surface area contributed by atoms with Gasteiger partial charge in [0.05, 0.1) is 16.4 Å². The Balaban J connectivity index is 2.06. The van der Waals surface area contributed by atoms with Crippen molar-refractivity contribution in [2.45, 2.75) is 6.54 Å². The number of nitrogens with zero attached hydrogens (tertiary/aromatic N) is 1. The molecule has 1 heterocycles. The van der Waals surface area contributed by atoms with Crippen LogP contribution in [-0.4, -0.2) is 10.1 Å². The van der Waals surface area contributed by atoms with E-state index in [0.717, 1.165) is 11.3 Å². The van der Waals surface area contributed by atoms with Gasteiger partial charge in [0.1, 0.15) is 5.15 Å². The third kappa shape index (κ3) is 3.11. The molecule has 94 valence electrons. The van der Waals surface area contributed by atoms with Crippen molar-refractivity contribution >= 4 is 33.2 Å². The maximum absolute atomic E-state index is 13.1. The number of pyridine rings is 1. The smallest absolute Gasteiger partial charge is 0.165 e. The Morgan fingerprint density at radius 3 is 2.83 bits per heavy atom. The van der Waals surface area contributed by atoms with Crippen LogP contribution in [0.15, 0.2) is 34.9 Å². The number of rotatable bonds is 3. The second-order valence-electron chi connectivity index (χ2n) is 3.64. The highest BCUT2D eigenvalue weighted by atomic mass is 79.9. The lowest BCUT2D eigenvalue weighted by Crippen LogP contribution is -2.00. The number of aromatic nitrogens is 1. The maximum Gasteiger partial charge on any atom is 0.165 e. The van der Waals surface area contributed by atoms with Gasteiger partial charge in [0, 0.05) is 6.54 Å². The molecule has 0 atom stereocenters. The number of phenols is 1. The van der Waals surface area contributed by atoms with Crippen LogP contribution in [0.25, 0.3) is 0 Å². The fourth-order valence-electron chi connectivity index (χ4n) is 1.38. The summed E-state index contributed by atoms with van der Waals surface area (Å²) in [5.41, 5.74) is 1.48. The first-order valence-electron chi connectivity index (χ1n) is 5.08. The molecule has 6 heteroatoms. The predicted molar refractivity (Wildman–Crippen MR) is 72.3 cm³/mol. The van der Waals surface area contributed by atoms with Crippen molar-refractivity contribution in [3.8, 4) is 5.75 Å². The zero-order chi connectivity index (χ0) is 13.1. The number of hydrogen-bond acceptors (Lipinski definition) is 3. The first-order chi connectivity index (χ1) is 8.56. The number of benzene rings is 1. The Morgan fingerprint density at radius 2 is 2.17 bits per heavy atom. The van der Waals surface area contributed by atoms with E-state index >= 15 is 0 Å². The predicted octanol–water partition coefficient (Wildman–Crippen LogP) is 3.95. The summed E-state index contributed by atoms with van der Waals surface area (Å²) in [6.07, 6.45) is 1.59. The zero-order valence-corrected chi connectivity index (χ0v) is 11.5. The molecule has 0 amide bonds. The van der Waals surface area contributed by atoms with Gasteiger partial charge in [-0.2, -0.15) is 0 Å². The second kappa shape index (κ2) is 5.54. The number of hydrogen-bond donors (Lipinski definition) is 2. The molecule has 2 aromatic rings. The molecule has 2 rings (SSSR count). The first kappa shape index (κ1) is 13.1. The third-order valence-corrected chi connectivity index (χ3v) is 3.44. The van der Waals surface area contributed by atoms with Gasteiger partial charge >= 0.3 is 0 Å². The van der Waals surface area contributed by atoms with Gasteiger partial charge in [-0.3, -0.25) is 0 Å². The van der Waals surface area contributed by atoms with E-state index in [2.05, 4.69) is 26.2 Å². The molecule has 1 aromatic carbocycles. The molecular weight excluding hydrogens is 322 g/mol. The minimum atomic E-state index is -0.635. The standard InChI is InChI=1S/C12H9BrClFN2O/c13-9-4-8(6-17-12(9)14)16-5-7-1-2-11(18)10(15)3-7/h1-4,6,16,18H,5H2. The summed E-state index contributed by atoms with van der Waals surface area (Å²) in [5, 5.41) is 12.5. The van der Waals surface area contributed by atoms with E-state index in [0.29, 0.717) is 16.2 Å². The molecule has 18 heavy (non-hydrogen) atoms. The van der Waals surface area contributed by atoms with E-state index in [-0.39, 0.29) is 5.75 Å². The highest BCUT2D eigenvalue weighted by molar-refractivity contribution is 9.10. The zero-order valence-electron chi connectivity index (χ0n) is 9.12. The first-order valence-corrected chi connectivity index (χ1v) is 6.25. The Labute approximate surface area is 117 Å². The highest BCUT2D eigenvalue weighted by Gasteiger charge is 2.03. The maximum atomic E-state index is 13.1. The number of phenolic OH excluding ortho intramolecular Hbond substituents is 1. The normalized spacial score (nSPS) is 10.4. The quantitative estimate of drug-likeness (QED) is 0.837. The van der Waals surface area contributed by atoms with Crippen molar-refractivity contribution in [1.82, 2.24) is 4.98 Å². The summed E-state index contributed by atoms with van der Waals surface area (Å²) in [6.45, 7) is 0.424. The Kier molecular flexibility index (Phi) is 4.04. The van der Waals surface area contributed by atoms with Crippen molar-refractivity contribution in [3.63, 3.8) is 0 Å². The lowest BCUT2D eigenvalue weighted by molar-refractivity contribution is 0.432. The molecule has 0 fully saturated rings. The molecule has 0 aliphatic carbocycles. The fourth-order valence-corrected chi connectivity index (χ4v) is 1.83. The Morgan fingerprint density at radius 1 is 1.39 bits per heavy atom. The van der Waals surface area contributed by atoms with Crippen molar-refractivity contribution in [2.75, 3.05) is 5.32 Å². The summed E-state index contributed by atoms with van der Waals surface area (Å²) < 4.78 is 13.8. The van der Waals surface area contributed by atoms with Crippen LogP contribution in [0.3, 0.4) is 0 Å². The summed E-state index contributed by atoms with van der Waals surface area (Å²) >= 11 is 9.04. The lowest BCUT2D eigenvalue weighted by atomic mass is 10.2. The van der Waals surface area contributed by atoms with Gasteiger partial charge in [-0.15, -0.1) is 0 Å². The SMILES string of the molecule is Oc1ccc(CNc2cnc(Cl)c(Br)c2)cc1F. The molecule has 0 spiro atoms. The minimum absolute atomic E-state index is 0.352. The van der Waals surface area contributed by atoms with E-state index in [1.54, 1.807) is 18.3 Å². The molecule has 0 radical (unpaired) electrons. The monoisotopic (exact) mass is 330 g/mol. The van der Waals surface area contributed by atoms with Gasteiger partial charge in [0.15, 0.2) is 11.6 Å². The van der Waals surface area contributed by atoms with Gasteiger partial charge in [0.2, 0.25) is 0 Å². The van der Waals surface area contributed by atoms with Crippen LogP contribution in [0, 0.1) is 5.82 Å². The largest absolute Gasteiger partial charge is 0.505 e.